The molecule has 0 aliphatic heterocycles. The first-order valence-electron chi connectivity index (χ1n) is 7.51. The van der Waals surface area contributed by atoms with Crippen molar-refractivity contribution in [2.24, 2.45) is 0 Å². The van der Waals surface area contributed by atoms with Crippen LogP contribution < -0.4 is 15.4 Å². The van der Waals surface area contributed by atoms with Gasteiger partial charge in [0.2, 0.25) is 11.9 Å². The lowest BCUT2D eigenvalue weighted by Crippen LogP contribution is -2.23. The molecule has 2 unspecified atom stereocenters. The van der Waals surface area contributed by atoms with Gasteiger partial charge in [0.15, 0.2) is 0 Å². The molecule has 0 radical (unpaired) electrons. The molecular weight excluding hydrogens is 270 g/mol. The molecule has 120 valence electrons. The van der Waals surface area contributed by atoms with Crippen molar-refractivity contribution < 1.29 is 9.84 Å². The number of nitrogens with one attached hydrogen (secondary N) is 2. The first-order chi connectivity index (χ1) is 9.90. The smallest absolute Gasteiger partial charge is 0.323 e. The molecule has 0 aliphatic rings. The van der Waals surface area contributed by atoms with Crippen molar-refractivity contribution in [3.8, 4) is 6.01 Å². The van der Waals surface area contributed by atoms with Crippen molar-refractivity contribution >= 4 is 11.9 Å². The first kappa shape index (κ1) is 17.4. The zero-order chi connectivity index (χ0) is 15.8. The number of aliphatic hydroxyl groups excluding tert-OH is 1. The number of hydrogen-bond acceptors (Lipinski definition) is 7. The predicted molar refractivity (Wildman–Crippen MR) is 83.8 cm³/mol. The van der Waals surface area contributed by atoms with E-state index < -0.39 is 0 Å². The van der Waals surface area contributed by atoms with E-state index in [4.69, 9.17) is 4.74 Å². The molecule has 1 heterocycles. The molecule has 7 nitrogen and oxygen atoms in total. The molecule has 0 fully saturated rings. The third-order valence-electron chi connectivity index (χ3n) is 2.56. The lowest BCUT2D eigenvalue weighted by Gasteiger charge is -2.17. The Labute approximate surface area is 126 Å². The molecule has 2 atom stereocenters. The maximum Gasteiger partial charge on any atom is 0.323 e. The summed E-state index contributed by atoms with van der Waals surface area (Å²) in [6.07, 6.45) is 1.21. The van der Waals surface area contributed by atoms with Gasteiger partial charge in [-0.15, -0.1) is 0 Å². The highest BCUT2D eigenvalue weighted by Crippen LogP contribution is 2.14. The van der Waals surface area contributed by atoms with Crippen molar-refractivity contribution in [1.29, 1.82) is 0 Å². The Kier molecular flexibility index (Phi) is 7.14. The van der Waals surface area contributed by atoms with E-state index in [-0.39, 0.29) is 18.2 Å². The van der Waals surface area contributed by atoms with Crippen LogP contribution in [0.4, 0.5) is 11.9 Å². The summed E-state index contributed by atoms with van der Waals surface area (Å²) in [7, 11) is 0. The van der Waals surface area contributed by atoms with Gasteiger partial charge in [0.05, 0.1) is 12.2 Å². The fourth-order valence-electron chi connectivity index (χ4n) is 1.79. The number of ether oxygens (including phenoxy) is 1. The minimum atomic E-state index is -0.376. The lowest BCUT2D eigenvalue weighted by molar-refractivity contribution is 0.179. The van der Waals surface area contributed by atoms with Crippen LogP contribution >= 0.6 is 0 Å². The van der Waals surface area contributed by atoms with E-state index in [1.165, 1.54) is 0 Å². The summed E-state index contributed by atoms with van der Waals surface area (Å²) in [4.78, 5) is 12.8. The standard InChI is InChI=1S/C14H27N5O2/c1-6-7-15-12-17-13(16-10(4)8-11(5)20)19-14(18-12)21-9(2)3/h9-11,20H,6-8H2,1-5H3,(H2,15,16,17,18,19). The molecule has 0 aliphatic carbocycles. The Morgan fingerprint density at radius 3 is 2.33 bits per heavy atom. The van der Waals surface area contributed by atoms with Crippen molar-refractivity contribution in [2.45, 2.75) is 65.7 Å². The molecule has 1 rings (SSSR count). The Balaban J connectivity index is 2.84. The van der Waals surface area contributed by atoms with Gasteiger partial charge in [-0.25, -0.2) is 0 Å². The van der Waals surface area contributed by atoms with Crippen LogP contribution in [0.3, 0.4) is 0 Å². The second-order valence-corrected chi connectivity index (χ2v) is 5.49. The molecule has 0 spiro atoms. The van der Waals surface area contributed by atoms with Crippen LogP contribution in [0.25, 0.3) is 0 Å². The van der Waals surface area contributed by atoms with Gasteiger partial charge in [-0.3, -0.25) is 0 Å². The molecule has 0 aromatic carbocycles. The average Bonchev–Trinajstić information content (AvgIpc) is 2.34. The molecule has 0 saturated carbocycles. The number of anilines is 2. The Hall–Kier alpha value is -1.63. The Bertz CT molecular complexity index is 426. The number of hydrogen-bond donors (Lipinski definition) is 3. The zero-order valence-electron chi connectivity index (χ0n) is 13.6. The van der Waals surface area contributed by atoms with Gasteiger partial charge in [-0.05, 0) is 40.5 Å². The van der Waals surface area contributed by atoms with Gasteiger partial charge in [0, 0.05) is 12.6 Å². The number of nitrogens with zero attached hydrogens (tertiary/aromatic N) is 3. The molecule has 1 aromatic rings. The van der Waals surface area contributed by atoms with Crippen LogP contribution in [0.15, 0.2) is 0 Å². The number of aromatic nitrogens is 3. The van der Waals surface area contributed by atoms with E-state index in [0.29, 0.717) is 24.3 Å². The molecule has 0 bridgehead atoms. The quantitative estimate of drug-likeness (QED) is 0.642. The summed E-state index contributed by atoms with van der Waals surface area (Å²) in [6, 6.07) is 0.351. The largest absolute Gasteiger partial charge is 0.461 e. The lowest BCUT2D eigenvalue weighted by atomic mass is 10.2. The average molecular weight is 297 g/mol. The molecule has 3 N–H and O–H groups in total. The van der Waals surface area contributed by atoms with Crippen LogP contribution in [0.2, 0.25) is 0 Å². The van der Waals surface area contributed by atoms with Crippen LogP contribution in [-0.4, -0.2) is 44.9 Å². The summed E-state index contributed by atoms with van der Waals surface area (Å²) in [5, 5.41) is 15.7. The van der Waals surface area contributed by atoms with E-state index >= 15 is 0 Å². The predicted octanol–water partition coefficient (Wildman–Crippen LogP) is 2.05. The van der Waals surface area contributed by atoms with Gasteiger partial charge in [0.25, 0.3) is 0 Å². The van der Waals surface area contributed by atoms with Crippen molar-refractivity contribution in [3.05, 3.63) is 0 Å². The molecule has 1 aromatic heterocycles. The van der Waals surface area contributed by atoms with Gasteiger partial charge in [0.1, 0.15) is 0 Å². The van der Waals surface area contributed by atoms with E-state index in [2.05, 4.69) is 32.5 Å². The molecular formula is C14H27N5O2. The van der Waals surface area contributed by atoms with Crippen molar-refractivity contribution in [2.75, 3.05) is 17.2 Å². The normalized spacial score (nSPS) is 13.9. The Morgan fingerprint density at radius 2 is 1.76 bits per heavy atom. The van der Waals surface area contributed by atoms with Crippen LogP contribution in [-0.2, 0) is 0 Å². The van der Waals surface area contributed by atoms with E-state index in [1.54, 1.807) is 6.92 Å². The van der Waals surface area contributed by atoms with E-state index in [1.807, 2.05) is 20.8 Å². The van der Waals surface area contributed by atoms with Gasteiger partial charge in [-0.1, -0.05) is 6.92 Å². The first-order valence-corrected chi connectivity index (χ1v) is 7.51. The summed E-state index contributed by atoms with van der Waals surface area (Å²) < 4.78 is 5.55. The molecule has 0 saturated heterocycles. The number of aliphatic hydroxyl groups is 1. The SMILES string of the molecule is CCCNc1nc(NC(C)CC(C)O)nc(OC(C)C)n1. The highest BCUT2D eigenvalue weighted by molar-refractivity contribution is 5.36. The van der Waals surface area contributed by atoms with Crippen molar-refractivity contribution in [1.82, 2.24) is 15.0 Å². The fourth-order valence-corrected chi connectivity index (χ4v) is 1.79. The van der Waals surface area contributed by atoms with Gasteiger partial charge >= 0.3 is 6.01 Å². The third kappa shape index (κ3) is 7.08. The summed E-state index contributed by atoms with van der Waals surface area (Å²) >= 11 is 0. The van der Waals surface area contributed by atoms with Gasteiger partial charge < -0.3 is 20.5 Å². The fraction of sp³-hybridized carbons (Fsp3) is 0.786. The summed E-state index contributed by atoms with van der Waals surface area (Å²) in [6.45, 7) is 10.4. The van der Waals surface area contributed by atoms with Gasteiger partial charge in [-0.2, -0.15) is 15.0 Å². The zero-order valence-corrected chi connectivity index (χ0v) is 13.6. The molecule has 7 heteroatoms. The monoisotopic (exact) mass is 297 g/mol. The van der Waals surface area contributed by atoms with Crippen LogP contribution in [0.5, 0.6) is 6.01 Å². The van der Waals surface area contributed by atoms with E-state index in [9.17, 15) is 5.11 Å². The second kappa shape index (κ2) is 8.61. The van der Waals surface area contributed by atoms with Crippen LogP contribution in [0.1, 0.15) is 47.5 Å². The second-order valence-electron chi connectivity index (χ2n) is 5.49. The highest BCUT2D eigenvalue weighted by Gasteiger charge is 2.12. The van der Waals surface area contributed by atoms with Crippen LogP contribution in [0, 0.1) is 0 Å². The topological polar surface area (TPSA) is 92.2 Å². The maximum absolute atomic E-state index is 9.41. The maximum atomic E-state index is 9.41. The molecule has 0 amide bonds. The Morgan fingerprint density at radius 1 is 1.10 bits per heavy atom. The third-order valence-corrected chi connectivity index (χ3v) is 2.56. The minimum absolute atomic E-state index is 0.00540. The minimum Gasteiger partial charge on any atom is -0.461 e. The van der Waals surface area contributed by atoms with E-state index in [0.717, 1.165) is 13.0 Å². The highest BCUT2D eigenvalue weighted by atomic mass is 16.5. The summed E-state index contributed by atoms with van der Waals surface area (Å²) in [5.74, 6) is 0.946. The molecule has 21 heavy (non-hydrogen) atoms. The number of rotatable bonds is 9. The van der Waals surface area contributed by atoms with Crippen molar-refractivity contribution in [3.63, 3.8) is 0 Å². The summed E-state index contributed by atoms with van der Waals surface area (Å²) in [5.41, 5.74) is 0.